The molecule has 0 aliphatic rings. The van der Waals surface area contributed by atoms with Crippen LogP contribution < -0.4 is 0 Å². The van der Waals surface area contributed by atoms with Crippen molar-refractivity contribution >= 4 is 23.0 Å². The lowest BCUT2D eigenvalue weighted by Crippen LogP contribution is -1.87. The second-order valence-corrected chi connectivity index (χ2v) is 3.95. The van der Waals surface area contributed by atoms with Gasteiger partial charge >= 0.3 is 0 Å². The molecule has 0 spiro atoms. The highest BCUT2D eigenvalue weighted by Crippen LogP contribution is 2.05. The minimum Gasteiger partial charge on any atom is -0.351 e. The molecule has 0 bridgehead atoms. The van der Waals surface area contributed by atoms with Crippen LogP contribution in [-0.4, -0.2) is 15.4 Å². The van der Waals surface area contributed by atoms with E-state index in [-0.39, 0.29) is 5.12 Å². The van der Waals surface area contributed by atoms with Gasteiger partial charge in [0.2, 0.25) is 0 Å². The van der Waals surface area contributed by atoms with Gasteiger partial charge in [-0.1, -0.05) is 17.8 Å². The van der Waals surface area contributed by atoms with Crippen LogP contribution >= 0.6 is 11.8 Å². The highest BCUT2D eigenvalue weighted by molar-refractivity contribution is 8.13. The smallest absolute Gasteiger partial charge is 0.186 e. The molecule has 2 nitrogen and oxygen atoms in total. The highest BCUT2D eigenvalue weighted by Gasteiger charge is 1.91. The molecule has 0 aromatic carbocycles. The minimum atomic E-state index is 0.163. The molecule has 0 amide bonds. The molecule has 3 heteroatoms. The van der Waals surface area contributed by atoms with E-state index < -0.39 is 0 Å². The summed E-state index contributed by atoms with van der Waals surface area (Å²) in [6.07, 6.45) is 6.02. The van der Waals surface area contributed by atoms with Crippen LogP contribution in [-0.2, 0) is 11.8 Å². The third-order valence-electron chi connectivity index (χ3n) is 1.66. The second-order valence-electron chi connectivity index (χ2n) is 2.75. The van der Waals surface area contributed by atoms with Gasteiger partial charge in [-0.2, -0.15) is 0 Å². The van der Waals surface area contributed by atoms with Gasteiger partial charge < -0.3 is 4.57 Å². The van der Waals surface area contributed by atoms with E-state index in [1.165, 1.54) is 11.8 Å². The van der Waals surface area contributed by atoms with Gasteiger partial charge in [0.05, 0.1) is 0 Å². The van der Waals surface area contributed by atoms with Gasteiger partial charge in [0.15, 0.2) is 5.12 Å². The van der Waals surface area contributed by atoms with Crippen LogP contribution in [0.1, 0.15) is 12.6 Å². The zero-order valence-electron chi connectivity index (χ0n) is 7.86. The van der Waals surface area contributed by atoms with E-state index in [9.17, 15) is 4.79 Å². The molecule has 0 saturated carbocycles. The molecular formula is C10H13NOS. The lowest BCUT2D eigenvalue weighted by Gasteiger charge is -1.94. The Kier molecular flexibility index (Phi) is 3.83. The molecule has 1 heterocycles. The van der Waals surface area contributed by atoms with E-state index in [2.05, 4.69) is 0 Å². The van der Waals surface area contributed by atoms with Crippen molar-refractivity contribution < 1.29 is 4.79 Å². The summed E-state index contributed by atoms with van der Waals surface area (Å²) in [6.45, 7) is 1.58. The van der Waals surface area contributed by atoms with Crippen LogP contribution in [0.5, 0.6) is 0 Å². The van der Waals surface area contributed by atoms with Crippen molar-refractivity contribution in [2.45, 2.75) is 6.92 Å². The largest absolute Gasteiger partial charge is 0.351 e. The minimum absolute atomic E-state index is 0.163. The summed E-state index contributed by atoms with van der Waals surface area (Å²) in [5.74, 6) is 0.751. The van der Waals surface area contributed by atoms with Crippen molar-refractivity contribution in [3.8, 4) is 0 Å². The number of hydrogen-bond donors (Lipinski definition) is 0. The summed E-state index contributed by atoms with van der Waals surface area (Å²) in [5, 5.41) is 0.163. The Bertz CT molecular complexity index is 314. The van der Waals surface area contributed by atoms with Crippen molar-refractivity contribution in [1.29, 1.82) is 0 Å². The van der Waals surface area contributed by atoms with E-state index in [0.29, 0.717) is 0 Å². The lowest BCUT2D eigenvalue weighted by atomic mass is 10.4. The van der Waals surface area contributed by atoms with E-state index in [1.54, 1.807) is 6.92 Å². The number of rotatable bonds is 3. The first kappa shape index (κ1) is 10.1. The van der Waals surface area contributed by atoms with Crippen LogP contribution in [0.25, 0.3) is 6.08 Å². The number of nitrogens with zero attached hydrogens (tertiary/aromatic N) is 1. The van der Waals surface area contributed by atoms with Crippen LogP contribution in [0, 0.1) is 0 Å². The standard InChI is InChI=1S/C10H13NOS/c1-9(12)13-8-4-6-10-5-3-7-11(10)2/h3-7H,8H2,1-2H3. The third-order valence-corrected chi connectivity index (χ3v) is 2.42. The normalized spacial score (nSPS) is 10.9. The predicted molar refractivity (Wildman–Crippen MR) is 57.6 cm³/mol. The molecule has 0 radical (unpaired) electrons. The van der Waals surface area contributed by atoms with Crippen molar-refractivity contribution in [1.82, 2.24) is 4.57 Å². The molecule has 0 aliphatic heterocycles. The fourth-order valence-electron chi connectivity index (χ4n) is 0.982. The average Bonchev–Trinajstić information content (AvgIpc) is 2.45. The van der Waals surface area contributed by atoms with Gasteiger partial charge in [0, 0.05) is 31.6 Å². The maximum atomic E-state index is 10.6. The highest BCUT2D eigenvalue weighted by atomic mass is 32.2. The second kappa shape index (κ2) is 4.92. The van der Waals surface area contributed by atoms with Gasteiger partial charge in [-0.3, -0.25) is 4.79 Å². The summed E-state index contributed by atoms with van der Waals surface area (Å²) in [6, 6.07) is 4.03. The number of aromatic nitrogens is 1. The molecule has 70 valence electrons. The van der Waals surface area contributed by atoms with Gasteiger partial charge in [0.25, 0.3) is 0 Å². The Morgan fingerprint density at radius 1 is 1.69 bits per heavy atom. The van der Waals surface area contributed by atoms with E-state index in [0.717, 1.165) is 11.4 Å². The number of carbonyl (C=O) groups excluding carboxylic acids is 1. The maximum Gasteiger partial charge on any atom is 0.186 e. The van der Waals surface area contributed by atoms with E-state index in [1.807, 2.05) is 42.1 Å². The summed E-state index contributed by atoms with van der Waals surface area (Å²) >= 11 is 1.32. The monoisotopic (exact) mass is 195 g/mol. The number of hydrogen-bond acceptors (Lipinski definition) is 2. The molecule has 0 atom stereocenters. The van der Waals surface area contributed by atoms with Gasteiger partial charge in [-0.05, 0) is 18.2 Å². The van der Waals surface area contributed by atoms with Gasteiger partial charge in [-0.25, -0.2) is 0 Å². The Labute approximate surface area is 82.6 Å². The van der Waals surface area contributed by atoms with Crippen LogP contribution in [0.2, 0.25) is 0 Å². The fraction of sp³-hybridized carbons (Fsp3) is 0.300. The Hall–Kier alpha value is -0.960. The van der Waals surface area contributed by atoms with Crippen molar-refractivity contribution in [3.63, 3.8) is 0 Å². The zero-order valence-corrected chi connectivity index (χ0v) is 8.67. The van der Waals surface area contributed by atoms with Gasteiger partial charge in [-0.15, -0.1) is 0 Å². The zero-order chi connectivity index (χ0) is 9.68. The lowest BCUT2D eigenvalue weighted by molar-refractivity contribution is -0.109. The molecule has 1 aromatic rings. The summed E-state index contributed by atoms with van der Waals surface area (Å²) < 4.78 is 2.04. The molecule has 0 unspecified atom stereocenters. The number of aryl methyl sites for hydroxylation is 1. The van der Waals surface area contributed by atoms with Crippen LogP contribution in [0.3, 0.4) is 0 Å². The summed E-state index contributed by atoms with van der Waals surface area (Å²) in [7, 11) is 2.00. The van der Waals surface area contributed by atoms with E-state index >= 15 is 0 Å². The first-order chi connectivity index (χ1) is 6.20. The summed E-state index contributed by atoms with van der Waals surface area (Å²) in [5.41, 5.74) is 1.16. The Morgan fingerprint density at radius 3 is 3.00 bits per heavy atom. The van der Waals surface area contributed by atoms with Crippen LogP contribution in [0.4, 0.5) is 0 Å². The number of thioether (sulfide) groups is 1. The molecule has 0 fully saturated rings. The maximum absolute atomic E-state index is 10.6. The first-order valence-electron chi connectivity index (χ1n) is 4.11. The van der Waals surface area contributed by atoms with Crippen molar-refractivity contribution in [2.24, 2.45) is 7.05 Å². The fourth-order valence-corrected chi connectivity index (χ4v) is 1.41. The summed E-state index contributed by atoms with van der Waals surface area (Å²) in [4.78, 5) is 10.6. The SMILES string of the molecule is CC(=O)SCC=Cc1cccn1C. The molecule has 1 rings (SSSR count). The molecular weight excluding hydrogens is 182 g/mol. The molecule has 0 N–H and O–H groups in total. The van der Waals surface area contributed by atoms with Crippen molar-refractivity contribution in [3.05, 3.63) is 30.1 Å². The molecule has 0 aliphatic carbocycles. The van der Waals surface area contributed by atoms with Crippen molar-refractivity contribution in [2.75, 3.05) is 5.75 Å². The van der Waals surface area contributed by atoms with E-state index in [4.69, 9.17) is 0 Å². The molecule has 13 heavy (non-hydrogen) atoms. The topological polar surface area (TPSA) is 22.0 Å². The van der Waals surface area contributed by atoms with Crippen LogP contribution in [0.15, 0.2) is 24.4 Å². The first-order valence-corrected chi connectivity index (χ1v) is 5.10. The predicted octanol–water partition coefficient (Wildman–Crippen LogP) is 2.32. The number of carbonyl (C=O) groups is 1. The average molecular weight is 195 g/mol. The Balaban J connectivity index is 2.41. The third kappa shape index (κ3) is 3.51. The molecule has 1 aromatic heterocycles. The quantitative estimate of drug-likeness (QED) is 0.738. The van der Waals surface area contributed by atoms with Gasteiger partial charge in [0.1, 0.15) is 0 Å². The molecule has 0 saturated heterocycles. The Morgan fingerprint density at radius 2 is 2.46 bits per heavy atom.